The summed E-state index contributed by atoms with van der Waals surface area (Å²) >= 11 is 0. The summed E-state index contributed by atoms with van der Waals surface area (Å²) in [4.78, 5) is 36.8. The summed E-state index contributed by atoms with van der Waals surface area (Å²) in [5.74, 6) is 0.987. The third-order valence-corrected chi connectivity index (χ3v) is 4.53. The Labute approximate surface area is 169 Å². The number of anilines is 2. The van der Waals surface area contributed by atoms with Crippen molar-refractivity contribution in [2.24, 2.45) is 12.0 Å². The van der Waals surface area contributed by atoms with Gasteiger partial charge in [-0.1, -0.05) is 6.07 Å². The van der Waals surface area contributed by atoms with E-state index in [1.165, 1.54) is 0 Å². The average molecular weight is 398 g/mol. The van der Waals surface area contributed by atoms with Gasteiger partial charge in [0.2, 0.25) is 11.8 Å². The van der Waals surface area contributed by atoms with Crippen molar-refractivity contribution in [3.05, 3.63) is 36.3 Å². The molecule has 0 spiro atoms. The minimum absolute atomic E-state index is 0.0181. The molecule has 2 amide bonds. The Kier molecular flexibility index (Phi) is 6.43. The molecule has 1 fully saturated rings. The topological polar surface area (TPSA) is 108 Å². The van der Waals surface area contributed by atoms with E-state index < -0.39 is 0 Å². The summed E-state index contributed by atoms with van der Waals surface area (Å²) in [5.41, 5.74) is 1.64. The summed E-state index contributed by atoms with van der Waals surface area (Å²) in [7, 11) is 3.48. The fraction of sp³-hybridized carbons (Fsp3) is 0.421. The van der Waals surface area contributed by atoms with Crippen molar-refractivity contribution in [3.8, 4) is 0 Å². The molecule has 0 unspecified atom stereocenters. The van der Waals surface area contributed by atoms with Crippen LogP contribution >= 0.6 is 0 Å². The summed E-state index contributed by atoms with van der Waals surface area (Å²) in [6, 6.07) is 5.47. The van der Waals surface area contributed by atoms with Gasteiger partial charge in [-0.05, 0) is 19.1 Å². The molecule has 0 bridgehead atoms. The fourth-order valence-corrected chi connectivity index (χ4v) is 3.11. The number of pyridine rings is 1. The Balaban J connectivity index is 1.47. The summed E-state index contributed by atoms with van der Waals surface area (Å²) in [6.45, 7) is 3.68. The lowest BCUT2D eigenvalue weighted by molar-refractivity contribution is -0.120. The number of hydrogen-bond acceptors (Lipinski definition) is 5. The van der Waals surface area contributed by atoms with Gasteiger partial charge in [0.15, 0.2) is 5.96 Å². The number of piperazine rings is 1. The Morgan fingerprint density at radius 1 is 1.31 bits per heavy atom. The number of aromatic nitrogens is 3. The molecule has 0 aromatic carbocycles. The van der Waals surface area contributed by atoms with Gasteiger partial charge in [-0.25, -0.2) is 4.98 Å². The van der Waals surface area contributed by atoms with Crippen molar-refractivity contribution in [1.29, 1.82) is 0 Å². The largest absolute Gasteiger partial charge is 0.356 e. The second-order valence-corrected chi connectivity index (χ2v) is 6.78. The molecule has 0 saturated carbocycles. The highest BCUT2D eigenvalue weighted by atomic mass is 16.2. The number of nitrogens with zero attached hydrogens (tertiary/aromatic N) is 6. The zero-order valence-corrected chi connectivity index (χ0v) is 16.9. The first-order chi connectivity index (χ1) is 14.0. The molecule has 3 heterocycles. The monoisotopic (exact) mass is 398 g/mol. The zero-order valence-electron chi connectivity index (χ0n) is 16.9. The maximum atomic E-state index is 12.5. The number of aliphatic imine (C=N–C) groups is 1. The normalized spacial score (nSPS) is 14.9. The van der Waals surface area contributed by atoms with Crippen LogP contribution in [0.3, 0.4) is 0 Å². The van der Waals surface area contributed by atoms with Crippen LogP contribution in [0.1, 0.15) is 12.1 Å². The molecule has 10 nitrogen and oxygen atoms in total. The minimum Gasteiger partial charge on any atom is -0.356 e. The number of nitrogens with one attached hydrogen (secondary N) is 2. The van der Waals surface area contributed by atoms with Crippen molar-refractivity contribution >= 4 is 29.3 Å². The van der Waals surface area contributed by atoms with E-state index in [1.807, 2.05) is 37.2 Å². The Morgan fingerprint density at radius 3 is 2.79 bits per heavy atom. The smallest absolute Gasteiger partial charge is 0.246 e. The molecule has 1 aliphatic rings. The lowest BCUT2D eigenvalue weighted by Crippen LogP contribution is -2.55. The van der Waals surface area contributed by atoms with Crippen LogP contribution in [0.25, 0.3) is 0 Å². The second kappa shape index (κ2) is 9.18. The molecule has 154 valence electrons. The molecule has 2 aromatic heterocycles. The van der Waals surface area contributed by atoms with Crippen LogP contribution in [0.4, 0.5) is 11.5 Å². The Morgan fingerprint density at radius 2 is 2.14 bits per heavy atom. The molecule has 2 aromatic rings. The SMILES string of the molecule is CN=C(NCCC(=O)Nc1cccc(C)n1)N1CCN(c2cnn(C)c2)C(=O)C1. The lowest BCUT2D eigenvalue weighted by atomic mass is 10.3. The van der Waals surface area contributed by atoms with E-state index in [-0.39, 0.29) is 24.8 Å². The van der Waals surface area contributed by atoms with Gasteiger partial charge in [-0.15, -0.1) is 0 Å². The first-order valence-electron chi connectivity index (χ1n) is 9.44. The van der Waals surface area contributed by atoms with Gasteiger partial charge >= 0.3 is 0 Å². The second-order valence-electron chi connectivity index (χ2n) is 6.78. The number of hydrogen-bond donors (Lipinski definition) is 2. The van der Waals surface area contributed by atoms with E-state index >= 15 is 0 Å². The van der Waals surface area contributed by atoms with Crippen molar-refractivity contribution in [1.82, 2.24) is 25.0 Å². The van der Waals surface area contributed by atoms with Gasteiger partial charge in [-0.2, -0.15) is 5.10 Å². The van der Waals surface area contributed by atoms with Crippen LogP contribution in [0.5, 0.6) is 0 Å². The van der Waals surface area contributed by atoms with Crippen molar-refractivity contribution < 1.29 is 9.59 Å². The molecule has 0 atom stereocenters. The van der Waals surface area contributed by atoms with Crippen LogP contribution in [-0.2, 0) is 16.6 Å². The van der Waals surface area contributed by atoms with E-state index in [9.17, 15) is 9.59 Å². The van der Waals surface area contributed by atoms with E-state index in [2.05, 4.69) is 25.7 Å². The van der Waals surface area contributed by atoms with E-state index in [1.54, 1.807) is 28.9 Å². The highest BCUT2D eigenvalue weighted by Gasteiger charge is 2.27. The number of rotatable bonds is 5. The van der Waals surface area contributed by atoms with Gasteiger partial charge in [0.1, 0.15) is 12.4 Å². The highest BCUT2D eigenvalue weighted by molar-refractivity contribution is 5.98. The molecule has 10 heteroatoms. The van der Waals surface area contributed by atoms with Crippen LogP contribution in [0.2, 0.25) is 0 Å². The van der Waals surface area contributed by atoms with Gasteiger partial charge < -0.3 is 20.4 Å². The molecule has 1 saturated heterocycles. The predicted molar refractivity (Wildman–Crippen MR) is 111 cm³/mol. The first kappa shape index (κ1) is 20.3. The van der Waals surface area contributed by atoms with Gasteiger partial charge in [-0.3, -0.25) is 19.3 Å². The standard InChI is InChI=1S/C19H26N8O2/c1-14-5-4-6-16(23-14)24-17(28)7-8-21-19(20-2)26-9-10-27(18(29)13-26)15-11-22-25(3)12-15/h4-6,11-12H,7-10,13H2,1-3H3,(H,20,21)(H,23,24,28). The number of amides is 2. The summed E-state index contributed by atoms with van der Waals surface area (Å²) in [6.07, 6.45) is 3.77. The van der Waals surface area contributed by atoms with Crippen LogP contribution in [0.15, 0.2) is 35.6 Å². The maximum absolute atomic E-state index is 12.5. The number of guanidine groups is 1. The molecular formula is C19H26N8O2. The minimum atomic E-state index is -0.136. The zero-order chi connectivity index (χ0) is 20.8. The summed E-state index contributed by atoms with van der Waals surface area (Å²) < 4.78 is 1.67. The third-order valence-electron chi connectivity index (χ3n) is 4.53. The van der Waals surface area contributed by atoms with Gasteiger partial charge in [0, 0.05) is 52.0 Å². The van der Waals surface area contributed by atoms with Crippen LogP contribution in [0, 0.1) is 6.92 Å². The van der Waals surface area contributed by atoms with Crippen molar-refractivity contribution in [2.45, 2.75) is 13.3 Å². The quantitative estimate of drug-likeness (QED) is 0.557. The molecule has 2 N–H and O–H groups in total. The molecule has 29 heavy (non-hydrogen) atoms. The molecule has 0 radical (unpaired) electrons. The van der Waals surface area contributed by atoms with E-state index in [0.717, 1.165) is 11.4 Å². The third kappa shape index (κ3) is 5.31. The van der Waals surface area contributed by atoms with Crippen LogP contribution < -0.4 is 15.5 Å². The number of carbonyl (C=O) groups is 2. The lowest BCUT2D eigenvalue weighted by Gasteiger charge is -2.35. The van der Waals surface area contributed by atoms with E-state index in [4.69, 9.17) is 0 Å². The number of aryl methyl sites for hydroxylation is 2. The van der Waals surface area contributed by atoms with E-state index in [0.29, 0.717) is 31.4 Å². The Hall–Kier alpha value is -3.43. The first-order valence-corrected chi connectivity index (χ1v) is 9.44. The summed E-state index contributed by atoms with van der Waals surface area (Å²) in [5, 5.41) is 10.0. The van der Waals surface area contributed by atoms with Gasteiger partial charge in [0.05, 0.1) is 11.9 Å². The van der Waals surface area contributed by atoms with Crippen molar-refractivity contribution in [3.63, 3.8) is 0 Å². The molecule has 0 aliphatic carbocycles. The molecular weight excluding hydrogens is 372 g/mol. The highest BCUT2D eigenvalue weighted by Crippen LogP contribution is 2.16. The predicted octanol–water partition coefficient (Wildman–Crippen LogP) is 0.376. The molecule has 3 rings (SSSR count). The average Bonchev–Trinajstić information content (AvgIpc) is 3.11. The molecule has 1 aliphatic heterocycles. The maximum Gasteiger partial charge on any atom is 0.246 e. The van der Waals surface area contributed by atoms with Gasteiger partial charge in [0.25, 0.3) is 0 Å². The van der Waals surface area contributed by atoms with Crippen LogP contribution in [-0.4, -0.2) is 70.7 Å². The number of carbonyl (C=O) groups excluding carboxylic acids is 2. The fourth-order valence-electron chi connectivity index (χ4n) is 3.11. The van der Waals surface area contributed by atoms with Crippen molar-refractivity contribution in [2.75, 3.05) is 43.4 Å². The Bertz CT molecular complexity index is 907.